The molecule has 9 heteroatoms. The Labute approximate surface area is 178 Å². The molecule has 0 bridgehead atoms. The van der Waals surface area contributed by atoms with Crippen molar-refractivity contribution in [3.8, 4) is 0 Å². The van der Waals surface area contributed by atoms with Gasteiger partial charge in [-0.3, -0.25) is 9.52 Å². The molecular formula is C22H19F3N2O3S. The van der Waals surface area contributed by atoms with Gasteiger partial charge in [-0.1, -0.05) is 24.3 Å². The maximum Gasteiger partial charge on any atom is 0.416 e. The van der Waals surface area contributed by atoms with Crippen molar-refractivity contribution < 1.29 is 26.4 Å². The summed E-state index contributed by atoms with van der Waals surface area (Å²) in [7, 11) is -3.95. The van der Waals surface area contributed by atoms with E-state index in [1.54, 1.807) is 25.1 Å². The lowest BCUT2D eigenvalue weighted by Gasteiger charge is -2.13. The second kappa shape index (κ2) is 8.43. The van der Waals surface area contributed by atoms with Crippen LogP contribution in [0.5, 0.6) is 0 Å². The predicted octanol–water partition coefficient (Wildman–Crippen LogP) is 5.38. The molecule has 0 radical (unpaired) electrons. The predicted molar refractivity (Wildman–Crippen MR) is 113 cm³/mol. The summed E-state index contributed by atoms with van der Waals surface area (Å²) >= 11 is 0. The molecule has 0 aromatic heterocycles. The zero-order valence-electron chi connectivity index (χ0n) is 16.6. The van der Waals surface area contributed by atoms with Crippen LogP contribution in [0.2, 0.25) is 0 Å². The van der Waals surface area contributed by atoms with Crippen molar-refractivity contribution in [1.82, 2.24) is 0 Å². The first kappa shape index (κ1) is 22.4. The third-order valence-corrected chi connectivity index (χ3v) is 5.87. The molecule has 3 aromatic rings. The molecule has 5 nitrogen and oxygen atoms in total. The van der Waals surface area contributed by atoms with E-state index in [9.17, 15) is 26.4 Å². The van der Waals surface area contributed by atoms with Crippen LogP contribution >= 0.6 is 0 Å². The summed E-state index contributed by atoms with van der Waals surface area (Å²) in [5.41, 5.74) is 0.841. The van der Waals surface area contributed by atoms with E-state index in [0.29, 0.717) is 11.3 Å². The number of sulfonamides is 1. The van der Waals surface area contributed by atoms with Gasteiger partial charge in [0.1, 0.15) is 0 Å². The van der Waals surface area contributed by atoms with E-state index in [2.05, 4.69) is 10.0 Å². The van der Waals surface area contributed by atoms with Crippen molar-refractivity contribution in [3.63, 3.8) is 0 Å². The first-order chi connectivity index (χ1) is 14.5. The Kier molecular flexibility index (Phi) is 6.08. The average molecular weight is 448 g/mol. The Morgan fingerprint density at radius 3 is 2.29 bits per heavy atom. The van der Waals surface area contributed by atoms with Gasteiger partial charge in [-0.25, -0.2) is 8.42 Å². The van der Waals surface area contributed by atoms with Gasteiger partial charge in [-0.15, -0.1) is 0 Å². The van der Waals surface area contributed by atoms with Gasteiger partial charge in [0.15, 0.2) is 0 Å². The van der Waals surface area contributed by atoms with E-state index in [1.165, 1.54) is 24.3 Å². The molecule has 1 amide bonds. The van der Waals surface area contributed by atoms with Gasteiger partial charge in [-0.05, 0) is 67.4 Å². The van der Waals surface area contributed by atoms with Crippen LogP contribution in [0.15, 0.2) is 71.6 Å². The first-order valence-electron chi connectivity index (χ1n) is 9.14. The first-order valence-corrected chi connectivity index (χ1v) is 10.6. The summed E-state index contributed by atoms with van der Waals surface area (Å²) in [6, 6.07) is 15.0. The van der Waals surface area contributed by atoms with Crippen molar-refractivity contribution in [3.05, 3.63) is 89.0 Å². The Hall–Kier alpha value is -3.33. The number of anilines is 2. The van der Waals surface area contributed by atoms with Gasteiger partial charge >= 0.3 is 6.18 Å². The molecule has 0 saturated heterocycles. The number of halogens is 3. The van der Waals surface area contributed by atoms with Gasteiger partial charge < -0.3 is 5.32 Å². The second-order valence-corrected chi connectivity index (χ2v) is 8.67. The number of aryl methyl sites for hydroxylation is 2. The summed E-state index contributed by atoms with van der Waals surface area (Å²) in [6.07, 6.45) is -4.58. The standard InChI is InChI=1S/C22H19F3N2O3S/c1-14-5-3-8-18(11-14)27-31(29,30)19-10-9-15(2)20(13-19)26-21(28)16-6-4-7-17(12-16)22(23,24)25/h3-13,27H,1-2H3,(H,26,28). The van der Waals surface area contributed by atoms with E-state index >= 15 is 0 Å². The highest BCUT2D eigenvalue weighted by atomic mass is 32.2. The molecule has 0 aliphatic carbocycles. The van der Waals surface area contributed by atoms with Crippen molar-refractivity contribution in [2.45, 2.75) is 24.9 Å². The molecule has 3 aromatic carbocycles. The molecule has 2 N–H and O–H groups in total. The summed E-state index contributed by atoms with van der Waals surface area (Å²) in [6.45, 7) is 3.47. The second-order valence-electron chi connectivity index (χ2n) is 6.98. The van der Waals surface area contributed by atoms with Crippen LogP contribution in [-0.2, 0) is 16.2 Å². The number of benzene rings is 3. The topological polar surface area (TPSA) is 75.3 Å². The normalized spacial score (nSPS) is 11.8. The molecule has 0 heterocycles. The third kappa shape index (κ3) is 5.43. The van der Waals surface area contributed by atoms with Crippen LogP contribution < -0.4 is 10.0 Å². The number of hydrogen-bond acceptors (Lipinski definition) is 3. The molecule has 162 valence electrons. The van der Waals surface area contributed by atoms with Crippen molar-refractivity contribution in [1.29, 1.82) is 0 Å². The van der Waals surface area contributed by atoms with Gasteiger partial charge in [0.25, 0.3) is 15.9 Å². The fourth-order valence-corrected chi connectivity index (χ4v) is 3.93. The van der Waals surface area contributed by atoms with Gasteiger partial charge in [0.05, 0.1) is 10.5 Å². The minimum atomic E-state index is -4.58. The van der Waals surface area contributed by atoms with Crippen molar-refractivity contribution in [2.75, 3.05) is 10.0 Å². The lowest BCUT2D eigenvalue weighted by Crippen LogP contribution is -2.16. The van der Waals surface area contributed by atoms with E-state index in [4.69, 9.17) is 0 Å². The van der Waals surface area contributed by atoms with E-state index in [1.807, 2.05) is 13.0 Å². The summed E-state index contributed by atoms with van der Waals surface area (Å²) < 4.78 is 66.7. The quantitative estimate of drug-likeness (QED) is 0.551. The Morgan fingerprint density at radius 1 is 0.903 bits per heavy atom. The largest absolute Gasteiger partial charge is 0.416 e. The summed E-state index contributed by atoms with van der Waals surface area (Å²) in [5, 5.41) is 2.49. The minimum absolute atomic E-state index is 0.0982. The van der Waals surface area contributed by atoms with E-state index < -0.39 is 27.7 Å². The highest BCUT2D eigenvalue weighted by molar-refractivity contribution is 7.92. The molecule has 0 unspecified atom stereocenters. The fraction of sp³-hybridized carbons (Fsp3) is 0.136. The Balaban J connectivity index is 1.87. The van der Waals surface area contributed by atoms with Crippen LogP contribution in [0.1, 0.15) is 27.0 Å². The van der Waals surface area contributed by atoms with Crippen LogP contribution in [0.25, 0.3) is 0 Å². The van der Waals surface area contributed by atoms with Crippen molar-refractivity contribution in [2.24, 2.45) is 0 Å². The number of rotatable bonds is 5. The maximum absolute atomic E-state index is 12.9. The summed E-state index contributed by atoms with van der Waals surface area (Å²) in [5.74, 6) is -0.782. The maximum atomic E-state index is 12.9. The molecule has 31 heavy (non-hydrogen) atoms. The molecule has 0 aliphatic rings. The van der Waals surface area contributed by atoms with Gasteiger partial charge in [0.2, 0.25) is 0 Å². The fourth-order valence-electron chi connectivity index (χ4n) is 2.86. The SMILES string of the molecule is Cc1cccc(NS(=O)(=O)c2ccc(C)c(NC(=O)c3cccc(C(F)(F)F)c3)c2)c1. The van der Waals surface area contributed by atoms with E-state index in [-0.39, 0.29) is 16.1 Å². The van der Waals surface area contributed by atoms with Crippen LogP contribution in [0.4, 0.5) is 24.5 Å². The molecule has 0 spiro atoms. The minimum Gasteiger partial charge on any atom is -0.322 e. The average Bonchev–Trinajstić information content (AvgIpc) is 2.68. The highest BCUT2D eigenvalue weighted by Gasteiger charge is 2.31. The molecule has 0 saturated carbocycles. The lowest BCUT2D eigenvalue weighted by molar-refractivity contribution is -0.137. The Bertz CT molecular complexity index is 1240. The molecule has 0 atom stereocenters. The van der Waals surface area contributed by atoms with Gasteiger partial charge in [0, 0.05) is 16.9 Å². The number of carbonyl (C=O) groups excluding carboxylic acids is 1. The smallest absolute Gasteiger partial charge is 0.322 e. The third-order valence-electron chi connectivity index (χ3n) is 4.49. The zero-order chi connectivity index (χ0) is 22.8. The number of hydrogen-bond donors (Lipinski definition) is 2. The van der Waals surface area contributed by atoms with Gasteiger partial charge in [-0.2, -0.15) is 13.2 Å². The van der Waals surface area contributed by atoms with Crippen LogP contribution in [0, 0.1) is 13.8 Å². The lowest BCUT2D eigenvalue weighted by atomic mass is 10.1. The number of carbonyl (C=O) groups is 1. The number of amides is 1. The molecular weight excluding hydrogens is 429 g/mol. The molecule has 0 aliphatic heterocycles. The molecule has 0 fully saturated rings. The molecule has 3 rings (SSSR count). The number of nitrogens with one attached hydrogen (secondary N) is 2. The Morgan fingerprint density at radius 2 is 1.61 bits per heavy atom. The van der Waals surface area contributed by atoms with Crippen LogP contribution in [0.3, 0.4) is 0 Å². The highest BCUT2D eigenvalue weighted by Crippen LogP contribution is 2.30. The van der Waals surface area contributed by atoms with Crippen molar-refractivity contribution >= 4 is 27.3 Å². The number of alkyl halides is 3. The zero-order valence-corrected chi connectivity index (χ0v) is 17.4. The monoisotopic (exact) mass is 448 g/mol. The summed E-state index contributed by atoms with van der Waals surface area (Å²) in [4.78, 5) is 12.4. The van der Waals surface area contributed by atoms with E-state index in [0.717, 1.165) is 23.8 Å². The van der Waals surface area contributed by atoms with Crippen LogP contribution in [-0.4, -0.2) is 14.3 Å².